The van der Waals surface area contributed by atoms with Gasteiger partial charge < -0.3 is 19.7 Å². The Bertz CT molecular complexity index is 1670. The number of aromatic nitrogens is 5. The van der Waals surface area contributed by atoms with Crippen molar-refractivity contribution in [2.75, 3.05) is 43.9 Å². The zero-order chi connectivity index (χ0) is 30.3. The molecule has 0 radical (unpaired) electrons. The number of nitrogens with zero attached hydrogens (tertiary/aromatic N) is 7. The molecule has 0 aliphatic carbocycles. The number of anilines is 2. The van der Waals surface area contributed by atoms with Gasteiger partial charge in [0.2, 0.25) is 0 Å². The number of piperidine rings is 1. The number of alkyl halides is 3. The molecule has 1 aromatic carbocycles. The van der Waals surface area contributed by atoms with Crippen LogP contribution in [0.1, 0.15) is 40.6 Å². The maximum Gasteiger partial charge on any atom is 0.419 e. The summed E-state index contributed by atoms with van der Waals surface area (Å²) in [6, 6.07) is 2.99. The number of hydrogen-bond acceptors (Lipinski definition) is 8. The normalized spacial score (nSPS) is 16.8. The zero-order valence-electron chi connectivity index (χ0n) is 23.4. The van der Waals surface area contributed by atoms with Gasteiger partial charge >= 0.3 is 6.18 Å². The molecule has 1 N–H and O–H groups in total. The summed E-state index contributed by atoms with van der Waals surface area (Å²) in [5, 5.41) is 2.83. The lowest BCUT2D eigenvalue weighted by Crippen LogP contribution is -2.35. The van der Waals surface area contributed by atoms with Gasteiger partial charge in [-0.1, -0.05) is 0 Å². The average Bonchev–Trinajstić information content (AvgIpc) is 3.71. The topological polar surface area (TPSA) is 92.1 Å². The molecule has 2 aliphatic heterocycles. The van der Waals surface area contributed by atoms with E-state index in [-0.39, 0.29) is 17.4 Å². The second-order valence-electron chi connectivity index (χ2n) is 10.8. The van der Waals surface area contributed by atoms with Crippen LogP contribution in [0.15, 0.2) is 42.4 Å². The fourth-order valence-corrected chi connectivity index (χ4v) is 6.01. The molecule has 0 spiro atoms. The number of rotatable bonds is 7. The Morgan fingerprint density at radius 1 is 1.19 bits per heavy atom. The van der Waals surface area contributed by atoms with E-state index in [2.05, 4.69) is 25.2 Å². The van der Waals surface area contributed by atoms with Crippen LogP contribution in [0.2, 0.25) is 0 Å². The highest BCUT2D eigenvalue weighted by molar-refractivity contribution is 7.10. The molecule has 4 aromatic rings. The minimum Gasteiger partial charge on any atom is -0.356 e. The number of fused-ring (bicyclic) bond motifs is 1. The van der Waals surface area contributed by atoms with Crippen LogP contribution >= 0.6 is 11.3 Å². The minimum absolute atomic E-state index is 0.0385. The molecule has 5 heterocycles. The van der Waals surface area contributed by atoms with Crippen LogP contribution in [0.5, 0.6) is 0 Å². The number of halogens is 4. The molecule has 14 heteroatoms. The molecule has 9 nitrogen and oxygen atoms in total. The number of benzene rings is 1. The van der Waals surface area contributed by atoms with Crippen LogP contribution in [0.4, 0.5) is 29.2 Å². The Balaban J connectivity index is 1.27. The molecule has 0 atom stereocenters. The Hall–Kier alpha value is -4.17. The highest BCUT2D eigenvalue weighted by atomic mass is 32.1. The smallest absolute Gasteiger partial charge is 0.356 e. The molecule has 6 rings (SSSR count). The highest BCUT2D eigenvalue weighted by Crippen LogP contribution is 2.40. The Kier molecular flexibility index (Phi) is 7.73. The fourth-order valence-electron chi connectivity index (χ4n) is 5.46. The minimum atomic E-state index is -4.81. The van der Waals surface area contributed by atoms with Gasteiger partial charge in [0, 0.05) is 54.9 Å². The molecule has 1 fully saturated rings. The van der Waals surface area contributed by atoms with Crippen molar-refractivity contribution in [2.24, 2.45) is 0 Å². The predicted molar refractivity (Wildman–Crippen MR) is 156 cm³/mol. The molecule has 2 aliphatic rings. The second kappa shape index (κ2) is 11.5. The quantitative estimate of drug-likeness (QED) is 0.221. The molecule has 43 heavy (non-hydrogen) atoms. The molecular formula is C29H28F4N8OS. The first kappa shape index (κ1) is 28.9. The van der Waals surface area contributed by atoms with Crippen molar-refractivity contribution in [1.82, 2.24) is 29.4 Å². The van der Waals surface area contributed by atoms with Crippen LogP contribution in [0.25, 0.3) is 22.9 Å². The van der Waals surface area contributed by atoms with Gasteiger partial charge in [0.25, 0.3) is 5.91 Å². The maximum atomic E-state index is 14.0. The summed E-state index contributed by atoms with van der Waals surface area (Å²) >= 11 is 1.43. The third-order valence-electron chi connectivity index (χ3n) is 7.63. The first-order valence-electron chi connectivity index (χ1n) is 13.7. The Labute approximate surface area is 248 Å². The van der Waals surface area contributed by atoms with Crippen molar-refractivity contribution >= 4 is 40.5 Å². The standard InChI is InChI=1S/C29H28F4N8OS/c1-39(2)9-10-41-14-23(18-3-4-22(30)21(11-18)29(31,32)33)37-26(41)17-5-7-40(8-6-17)27-24-20(12-19-13-34-16-43-19)28(42)38-25(24)35-15-36-27/h3-4,11-17H,5-10H2,1-2H3,(H,35,36,38,42). The van der Waals surface area contributed by atoms with Crippen molar-refractivity contribution in [3.05, 3.63) is 70.1 Å². The first-order valence-corrected chi connectivity index (χ1v) is 14.6. The van der Waals surface area contributed by atoms with Crippen molar-refractivity contribution in [3.63, 3.8) is 0 Å². The van der Waals surface area contributed by atoms with Crippen molar-refractivity contribution in [2.45, 2.75) is 31.5 Å². The monoisotopic (exact) mass is 612 g/mol. The van der Waals surface area contributed by atoms with Crippen molar-refractivity contribution in [3.8, 4) is 11.3 Å². The van der Waals surface area contributed by atoms with Crippen LogP contribution in [0, 0.1) is 5.82 Å². The molecule has 0 unspecified atom stereocenters. The Morgan fingerprint density at radius 3 is 2.67 bits per heavy atom. The average molecular weight is 613 g/mol. The predicted octanol–water partition coefficient (Wildman–Crippen LogP) is 5.39. The van der Waals surface area contributed by atoms with E-state index >= 15 is 0 Å². The van der Waals surface area contributed by atoms with Crippen LogP contribution in [0.3, 0.4) is 0 Å². The van der Waals surface area contributed by atoms with Crippen LogP contribution in [-0.2, 0) is 17.5 Å². The number of likely N-dealkylation sites (N-methyl/N-ethyl adjacent to an activating group) is 1. The lowest BCUT2D eigenvalue weighted by atomic mass is 9.95. The first-order chi connectivity index (χ1) is 20.6. The lowest BCUT2D eigenvalue weighted by Gasteiger charge is -2.33. The van der Waals surface area contributed by atoms with Gasteiger partial charge in [-0.05, 0) is 51.2 Å². The third-order valence-corrected chi connectivity index (χ3v) is 8.36. The van der Waals surface area contributed by atoms with E-state index in [0.29, 0.717) is 67.5 Å². The fraction of sp³-hybridized carbons (Fsp3) is 0.345. The number of imidazole rings is 1. The van der Waals surface area contributed by atoms with E-state index in [1.165, 1.54) is 23.7 Å². The summed E-state index contributed by atoms with van der Waals surface area (Å²) in [5.41, 5.74) is 2.12. The van der Waals surface area contributed by atoms with Gasteiger partial charge in [0.1, 0.15) is 29.6 Å². The van der Waals surface area contributed by atoms with Gasteiger partial charge in [-0.15, -0.1) is 11.3 Å². The van der Waals surface area contributed by atoms with Gasteiger partial charge in [0.15, 0.2) is 0 Å². The number of carbonyl (C=O) groups excluding carboxylic acids is 1. The van der Waals surface area contributed by atoms with Crippen LogP contribution < -0.4 is 10.2 Å². The van der Waals surface area contributed by atoms with Crippen molar-refractivity contribution in [1.29, 1.82) is 0 Å². The molecular weight excluding hydrogens is 584 g/mol. The number of nitrogens with one attached hydrogen (secondary N) is 1. The van der Waals surface area contributed by atoms with Gasteiger partial charge in [-0.2, -0.15) is 13.2 Å². The van der Waals surface area contributed by atoms with Gasteiger partial charge in [-0.25, -0.2) is 19.3 Å². The summed E-state index contributed by atoms with van der Waals surface area (Å²) in [4.78, 5) is 35.5. The van der Waals surface area contributed by atoms with E-state index in [1.54, 1.807) is 24.0 Å². The lowest BCUT2D eigenvalue weighted by molar-refractivity contribution is -0.139. The molecule has 0 bridgehead atoms. The van der Waals surface area contributed by atoms with Crippen molar-refractivity contribution < 1.29 is 22.4 Å². The number of amides is 1. The van der Waals surface area contributed by atoms with E-state index in [4.69, 9.17) is 4.98 Å². The number of thiazole rings is 1. The summed E-state index contributed by atoms with van der Waals surface area (Å²) in [7, 11) is 3.89. The van der Waals surface area contributed by atoms with Gasteiger partial charge in [-0.3, -0.25) is 9.78 Å². The SMILES string of the molecule is CN(C)CCn1cc(-c2ccc(F)c(C(F)(F)F)c2)nc1C1CCN(c2ncnc3c2C(=Cc2cncs2)C(=O)N3)CC1. The van der Waals surface area contributed by atoms with E-state index in [9.17, 15) is 22.4 Å². The molecule has 1 saturated heterocycles. The summed E-state index contributed by atoms with van der Waals surface area (Å²) in [6.07, 6.45) is 3.30. The summed E-state index contributed by atoms with van der Waals surface area (Å²) < 4.78 is 56.2. The second-order valence-corrected chi connectivity index (χ2v) is 11.7. The zero-order valence-corrected chi connectivity index (χ0v) is 24.2. The molecule has 224 valence electrons. The largest absolute Gasteiger partial charge is 0.419 e. The molecule has 3 aromatic heterocycles. The summed E-state index contributed by atoms with van der Waals surface area (Å²) in [6.45, 7) is 2.56. The van der Waals surface area contributed by atoms with E-state index in [1.807, 2.05) is 23.6 Å². The summed E-state index contributed by atoms with van der Waals surface area (Å²) in [5.74, 6) is 0.398. The third kappa shape index (κ3) is 5.89. The molecule has 1 amide bonds. The van der Waals surface area contributed by atoms with E-state index < -0.39 is 17.6 Å². The Morgan fingerprint density at radius 2 is 1.98 bits per heavy atom. The maximum absolute atomic E-state index is 14.0. The van der Waals surface area contributed by atoms with Crippen LogP contribution in [-0.4, -0.2) is 69.0 Å². The number of carbonyl (C=O) groups is 1. The highest BCUT2D eigenvalue weighted by Gasteiger charge is 2.36. The van der Waals surface area contributed by atoms with Gasteiger partial charge in [0.05, 0.1) is 27.9 Å². The number of hydrogen-bond donors (Lipinski definition) is 1. The van der Waals surface area contributed by atoms with E-state index in [0.717, 1.165) is 22.8 Å². The molecule has 0 saturated carbocycles.